The van der Waals surface area contributed by atoms with E-state index >= 15 is 0 Å². The lowest BCUT2D eigenvalue weighted by Crippen LogP contribution is -2.30. The standard InChI is InChI=1S/C16H20N4O2/c1-3-12-14(22-11-18-12)16(21)19(2)13-7-6-8-17-15(13)20-9-4-5-10-20/h6-8,11H,3-5,9-10H2,1-2H3. The Balaban J connectivity index is 1.92. The molecule has 3 heterocycles. The molecular weight excluding hydrogens is 280 g/mol. The van der Waals surface area contributed by atoms with Crippen LogP contribution in [0.25, 0.3) is 0 Å². The van der Waals surface area contributed by atoms with E-state index in [1.807, 2.05) is 19.1 Å². The molecule has 2 aromatic heterocycles. The lowest BCUT2D eigenvalue weighted by molar-refractivity contribution is 0.0965. The Kier molecular flexibility index (Phi) is 4.09. The molecule has 1 aliphatic heterocycles. The van der Waals surface area contributed by atoms with E-state index in [-0.39, 0.29) is 5.91 Å². The fraction of sp³-hybridized carbons (Fsp3) is 0.438. The van der Waals surface area contributed by atoms with E-state index in [1.165, 1.54) is 6.39 Å². The third-order valence-corrected chi connectivity index (χ3v) is 4.01. The molecule has 0 saturated carbocycles. The van der Waals surface area contributed by atoms with Crippen LogP contribution < -0.4 is 9.80 Å². The molecular formula is C16H20N4O2. The Bertz CT molecular complexity index is 662. The first-order chi connectivity index (χ1) is 10.7. The molecule has 6 heteroatoms. The van der Waals surface area contributed by atoms with Crippen molar-refractivity contribution in [1.82, 2.24) is 9.97 Å². The molecule has 0 aliphatic carbocycles. The largest absolute Gasteiger partial charge is 0.438 e. The van der Waals surface area contributed by atoms with Crippen molar-refractivity contribution in [2.75, 3.05) is 29.9 Å². The third kappa shape index (κ3) is 2.56. The smallest absolute Gasteiger partial charge is 0.295 e. The minimum atomic E-state index is -0.192. The Morgan fingerprint density at radius 2 is 2.14 bits per heavy atom. The van der Waals surface area contributed by atoms with Gasteiger partial charge in [0.2, 0.25) is 5.76 Å². The molecule has 2 aromatic rings. The van der Waals surface area contributed by atoms with Gasteiger partial charge in [-0.25, -0.2) is 9.97 Å². The van der Waals surface area contributed by atoms with Crippen LogP contribution in [0.2, 0.25) is 0 Å². The number of hydrogen-bond acceptors (Lipinski definition) is 5. The highest BCUT2D eigenvalue weighted by molar-refractivity contribution is 6.06. The zero-order valence-corrected chi connectivity index (χ0v) is 13.0. The van der Waals surface area contributed by atoms with Gasteiger partial charge >= 0.3 is 0 Å². The summed E-state index contributed by atoms with van der Waals surface area (Å²) in [5.74, 6) is 0.970. The molecule has 6 nitrogen and oxygen atoms in total. The second-order valence-corrected chi connectivity index (χ2v) is 5.39. The first-order valence-electron chi connectivity index (χ1n) is 7.62. The van der Waals surface area contributed by atoms with Gasteiger partial charge in [0.15, 0.2) is 12.2 Å². The van der Waals surface area contributed by atoms with Crippen LogP contribution in [-0.4, -0.2) is 36.0 Å². The van der Waals surface area contributed by atoms with Crippen LogP contribution in [0.4, 0.5) is 11.5 Å². The number of amides is 1. The van der Waals surface area contributed by atoms with E-state index in [0.717, 1.165) is 37.4 Å². The summed E-state index contributed by atoms with van der Waals surface area (Å²) >= 11 is 0. The van der Waals surface area contributed by atoms with Gasteiger partial charge in [-0.1, -0.05) is 6.92 Å². The molecule has 0 bridgehead atoms. The minimum absolute atomic E-state index is 0.192. The first-order valence-corrected chi connectivity index (χ1v) is 7.62. The molecule has 3 rings (SSSR count). The van der Waals surface area contributed by atoms with Gasteiger partial charge in [0.1, 0.15) is 0 Å². The highest BCUT2D eigenvalue weighted by Gasteiger charge is 2.25. The van der Waals surface area contributed by atoms with E-state index in [2.05, 4.69) is 14.9 Å². The summed E-state index contributed by atoms with van der Waals surface area (Å²) in [5.41, 5.74) is 1.48. The summed E-state index contributed by atoms with van der Waals surface area (Å²) in [6, 6.07) is 3.76. The normalized spacial score (nSPS) is 14.4. The van der Waals surface area contributed by atoms with Crippen LogP contribution in [0.1, 0.15) is 36.0 Å². The van der Waals surface area contributed by atoms with Gasteiger partial charge in [0.05, 0.1) is 11.4 Å². The third-order valence-electron chi connectivity index (χ3n) is 4.01. The Hall–Kier alpha value is -2.37. The van der Waals surface area contributed by atoms with Gasteiger partial charge in [-0.15, -0.1) is 0 Å². The van der Waals surface area contributed by atoms with Crippen LogP contribution in [-0.2, 0) is 6.42 Å². The maximum absolute atomic E-state index is 12.7. The van der Waals surface area contributed by atoms with Crippen molar-refractivity contribution in [3.8, 4) is 0 Å². The molecule has 0 atom stereocenters. The molecule has 0 spiro atoms. The van der Waals surface area contributed by atoms with Crippen molar-refractivity contribution < 1.29 is 9.21 Å². The SMILES string of the molecule is CCc1ncoc1C(=O)N(C)c1cccnc1N1CCCC1. The molecule has 116 valence electrons. The number of anilines is 2. The van der Waals surface area contributed by atoms with Crippen molar-refractivity contribution in [3.05, 3.63) is 36.2 Å². The highest BCUT2D eigenvalue weighted by atomic mass is 16.3. The quantitative estimate of drug-likeness (QED) is 0.868. The number of carbonyl (C=O) groups is 1. The molecule has 0 unspecified atom stereocenters. The summed E-state index contributed by atoms with van der Waals surface area (Å²) in [7, 11) is 1.75. The van der Waals surface area contributed by atoms with Crippen molar-refractivity contribution in [3.63, 3.8) is 0 Å². The van der Waals surface area contributed by atoms with Gasteiger partial charge in [-0.2, -0.15) is 0 Å². The van der Waals surface area contributed by atoms with Crippen LogP contribution in [0, 0.1) is 0 Å². The number of carbonyl (C=O) groups excluding carboxylic acids is 1. The fourth-order valence-corrected chi connectivity index (χ4v) is 2.78. The molecule has 0 radical (unpaired) electrons. The minimum Gasteiger partial charge on any atom is -0.438 e. The number of aromatic nitrogens is 2. The first kappa shape index (κ1) is 14.6. The number of rotatable bonds is 4. The predicted octanol–water partition coefficient (Wildman–Crippen LogP) is 2.51. The zero-order valence-electron chi connectivity index (χ0n) is 13.0. The topological polar surface area (TPSA) is 62.5 Å². The van der Waals surface area contributed by atoms with Gasteiger partial charge in [0.25, 0.3) is 5.91 Å². The summed E-state index contributed by atoms with van der Waals surface area (Å²) in [6.45, 7) is 3.91. The zero-order chi connectivity index (χ0) is 15.5. The van der Waals surface area contributed by atoms with Gasteiger partial charge in [-0.3, -0.25) is 4.79 Å². The van der Waals surface area contributed by atoms with Crippen LogP contribution in [0.5, 0.6) is 0 Å². The maximum atomic E-state index is 12.7. The average Bonchev–Trinajstić information content (AvgIpc) is 3.24. The number of hydrogen-bond donors (Lipinski definition) is 0. The predicted molar refractivity (Wildman–Crippen MR) is 84.3 cm³/mol. The molecule has 1 fully saturated rings. The maximum Gasteiger partial charge on any atom is 0.295 e. The van der Waals surface area contributed by atoms with Crippen molar-refractivity contribution in [2.24, 2.45) is 0 Å². The fourth-order valence-electron chi connectivity index (χ4n) is 2.78. The van der Waals surface area contributed by atoms with E-state index in [4.69, 9.17) is 4.42 Å². The molecule has 22 heavy (non-hydrogen) atoms. The van der Waals surface area contributed by atoms with E-state index in [0.29, 0.717) is 17.9 Å². The Labute approximate surface area is 129 Å². The van der Waals surface area contributed by atoms with Gasteiger partial charge < -0.3 is 14.2 Å². The molecule has 1 aliphatic rings. The number of nitrogens with zero attached hydrogens (tertiary/aromatic N) is 4. The van der Waals surface area contributed by atoms with Crippen molar-refractivity contribution >= 4 is 17.4 Å². The van der Waals surface area contributed by atoms with E-state index in [9.17, 15) is 4.79 Å². The number of oxazole rings is 1. The van der Waals surface area contributed by atoms with Gasteiger partial charge in [0, 0.05) is 26.3 Å². The molecule has 1 saturated heterocycles. The average molecular weight is 300 g/mol. The summed E-state index contributed by atoms with van der Waals surface area (Å²) in [5, 5.41) is 0. The number of pyridine rings is 1. The van der Waals surface area contributed by atoms with Crippen molar-refractivity contribution in [2.45, 2.75) is 26.2 Å². The van der Waals surface area contributed by atoms with Crippen molar-refractivity contribution in [1.29, 1.82) is 0 Å². The lowest BCUT2D eigenvalue weighted by Gasteiger charge is -2.24. The molecule has 1 amide bonds. The second-order valence-electron chi connectivity index (χ2n) is 5.39. The summed E-state index contributed by atoms with van der Waals surface area (Å²) < 4.78 is 5.29. The number of aryl methyl sites for hydroxylation is 1. The molecule has 0 N–H and O–H groups in total. The Morgan fingerprint density at radius 1 is 1.36 bits per heavy atom. The molecule has 0 aromatic carbocycles. The van der Waals surface area contributed by atoms with E-state index in [1.54, 1.807) is 18.1 Å². The second kappa shape index (κ2) is 6.17. The highest BCUT2D eigenvalue weighted by Crippen LogP contribution is 2.29. The summed E-state index contributed by atoms with van der Waals surface area (Å²) in [6.07, 6.45) is 6.08. The monoisotopic (exact) mass is 300 g/mol. The van der Waals surface area contributed by atoms with Crippen LogP contribution >= 0.6 is 0 Å². The van der Waals surface area contributed by atoms with Crippen LogP contribution in [0.3, 0.4) is 0 Å². The van der Waals surface area contributed by atoms with Crippen LogP contribution in [0.15, 0.2) is 29.1 Å². The van der Waals surface area contributed by atoms with E-state index < -0.39 is 0 Å². The summed E-state index contributed by atoms with van der Waals surface area (Å²) in [4.78, 5) is 25.1. The van der Waals surface area contributed by atoms with Gasteiger partial charge in [-0.05, 0) is 31.4 Å². The Morgan fingerprint density at radius 3 is 2.86 bits per heavy atom. The lowest BCUT2D eigenvalue weighted by atomic mass is 10.2.